The average Bonchev–Trinajstić information content (AvgIpc) is 3.03. The number of amides is 1. The van der Waals surface area contributed by atoms with Crippen molar-refractivity contribution in [2.45, 2.75) is 43.9 Å². The van der Waals surface area contributed by atoms with E-state index in [0.29, 0.717) is 16.9 Å². The van der Waals surface area contributed by atoms with Gasteiger partial charge in [-0.3, -0.25) is 14.4 Å². The van der Waals surface area contributed by atoms with Crippen LogP contribution in [-0.2, 0) is 18.0 Å². The molecule has 0 unspecified atom stereocenters. The van der Waals surface area contributed by atoms with Crippen molar-refractivity contribution >= 4 is 22.6 Å². The monoisotopic (exact) mass is 434 g/mol. The molecule has 2 aliphatic rings. The molecule has 0 atom stereocenters. The third-order valence-electron chi connectivity index (χ3n) is 6.26. The summed E-state index contributed by atoms with van der Waals surface area (Å²) in [6, 6.07) is 6.35. The molecule has 7 nitrogen and oxygen atoms in total. The molecule has 1 aliphatic carbocycles. The van der Waals surface area contributed by atoms with E-state index in [1.165, 1.54) is 10.7 Å². The number of nitrogens with zero attached hydrogens (tertiary/aromatic N) is 4. The number of nitriles is 1. The maximum absolute atomic E-state index is 13.0. The molecule has 31 heavy (non-hydrogen) atoms. The predicted octanol–water partition coefficient (Wildman–Crippen LogP) is 2.89. The lowest BCUT2D eigenvalue weighted by atomic mass is 9.85. The number of alkyl halides is 3. The standard InChI is InChI=1S/C21H25F3N6O/c1-29-18-7-4-14(21(22,23)24)8-17(18)20(28-29)26-10-19(31)27-15-11-30(12-15)16-5-2-13(9-25)3-6-16/h4,7-8,13,15-16H,2-3,5-6,10-12H2,1H3,(H,26,28)(H,27,31). The van der Waals surface area contributed by atoms with Crippen molar-refractivity contribution in [3.05, 3.63) is 23.8 Å². The fourth-order valence-electron chi connectivity index (χ4n) is 4.49. The minimum absolute atomic E-state index is 0.0634. The fraction of sp³-hybridized carbons (Fsp3) is 0.571. The van der Waals surface area contributed by atoms with Gasteiger partial charge >= 0.3 is 6.18 Å². The van der Waals surface area contributed by atoms with Gasteiger partial charge in [-0.15, -0.1) is 0 Å². The van der Waals surface area contributed by atoms with Crippen molar-refractivity contribution in [2.75, 3.05) is 25.0 Å². The van der Waals surface area contributed by atoms with Crippen LogP contribution in [0.25, 0.3) is 10.9 Å². The Balaban J connectivity index is 1.28. The van der Waals surface area contributed by atoms with Crippen LogP contribution in [0.15, 0.2) is 18.2 Å². The van der Waals surface area contributed by atoms with Gasteiger partial charge in [-0.25, -0.2) is 0 Å². The first-order valence-corrected chi connectivity index (χ1v) is 10.5. The summed E-state index contributed by atoms with van der Waals surface area (Å²) in [6.07, 6.45) is -0.526. The third kappa shape index (κ3) is 4.61. The van der Waals surface area contributed by atoms with Gasteiger partial charge in [0.05, 0.1) is 29.7 Å². The molecule has 2 N–H and O–H groups in total. The summed E-state index contributed by atoms with van der Waals surface area (Å²) in [7, 11) is 1.65. The van der Waals surface area contributed by atoms with Crippen LogP contribution < -0.4 is 10.6 Å². The zero-order valence-electron chi connectivity index (χ0n) is 17.2. The molecule has 1 aromatic heterocycles. The van der Waals surface area contributed by atoms with Crippen LogP contribution in [0.4, 0.5) is 19.0 Å². The second-order valence-electron chi connectivity index (χ2n) is 8.41. The average molecular weight is 434 g/mol. The smallest absolute Gasteiger partial charge is 0.359 e. The number of fused-ring (bicyclic) bond motifs is 1. The quantitative estimate of drug-likeness (QED) is 0.756. The molecule has 10 heteroatoms. The number of aryl methyl sites for hydroxylation is 1. The number of halogens is 3. The van der Waals surface area contributed by atoms with Gasteiger partial charge in [0.2, 0.25) is 5.91 Å². The molecular formula is C21H25F3N6O. The summed E-state index contributed by atoms with van der Waals surface area (Å²) in [5.74, 6) is 0.209. The first-order valence-electron chi connectivity index (χ1n) is 10.5. The zero-order valence-corrected chi connectivity index (χ0v) is 17.2. The van der Waals surface area contributed by atoms with Gasteiger partial charge in [0.15, 0.2) is 5.82 Å². The van der Waals surface area contributed by atoms with Gasteiger partial charge in [0, 0.05) is 37.5 Å². The largest absolute Gasteiger partial charge is 0.416 e. The molecule has 1 aliphatic heterocycles. The Labute approximate surface area is 178 Å². The summed E-state index contributed by atoms with van der Waals surface area (Å²) in [4.78, 5) is 14.7. The van der Waals surface area contributed by atoms with Crippen LogP contribution in [0.5, 0.6) is 0 Å². The molecule has 2 aromatic rings. The van der Waals surface area contributed by atoms with Crippen LogP contribution in [0.1, 0.15) is 31.2 Å². The number of nitrogens with one attached hydrogen (secondary N) is 2. The van der Waals surface area contributed by atoms with Gasteiger partial charge in [0.25, 0.3) is 0 Å². The summed E-state index contributed by atoms with van der Waals surface area (Å²) in [5, 5.41) is 19.4. The molecule has 4 rings (SSSR count). The maximum Gasteiger partial charge on any atom is 0.416 e. The number of benzene rings is 1. The molecule has 1 amide bonds. The molecule has 0 radical (unpaired) electrons. The van der Waals surface area contributed by atoms with E-state index in [2.05, 4.69) is 26.7 Å². The number of rotatable bonds is 5. The van der Waals surface area contributed by atoms with Gasteiger partial charge in [-0.1, -0.05) is 0 Å². The van der Waals surface area contributed by atoms with E-state index in [4.69, 9.17) is 5.26 Å². The van der Waals surface area contributed by atoms with Crippen molar-refractivity contribution in [3.8, 4) is 6.07 Å². The van der Waals surface area contributed by atoms with Crippen molar-refractivity contribution < 1.29 is 18.0 Å². The fourth-order valence-corrected chi connectivity index (χ4v) is 4.49. The highest BCUT2D eigenvalue weighted by atomic mass is 19.4. The van der Waals surface area contributed by atoms with Crippen LogP contribution in [0.2, 0.25) is 0 Å². The molecule has 2 fully saturated rings. The molecular weight excluding hydrogens is 409 g/mol. The summed E-state index contributed by atoms with van der Waals surface area (Å²) < 4.78 is 40.6. The van der Waals surface area contributed by atoms with Crippen molar-refractivity contribution in [1.29, 1.82) is 5.26 Å². The Kier molecular flexibility index (Phi) is 5.79. The number of likely N-dealkylation sites (tertiary alicyclic amines) is 1. The number of anilines is 1. The van der Waals surface area contributed by atoms with E-state index in [9.17, 15) is 18.0 Å². The number of hydrogen-bond acceptors (Lipinski definition) is 5. The van der Waals surface area contributed by atoms with E-state index in [0.717, 1.165) is 50.9 Å². The third-order valence-corrected chi connectivity index (χ3v) is 6.26. The highest BCUT2D eigenvalue weighted by molar-refractivity contribution is 5.92. The Morgan fingerprint density at radius 2 is 1.97 bits per heavy atom. The first kappa shape index (κ1) is 21.4. The maximum atomic E-state index is 13.0. The number of carbonyl (C=O) groups excluding carboxylic acids is 1. The molecule has 0 spiro atoms. The van der Waals surface area contributed by atoms with Crippen LogP contribution in [0.3, 0.4) is 0 Å². The Bertz CT molecular complexity index is 997. The Hall–Kier alpha value is -2.80. The molecule has 1 saturated carbocycles. The lowest BCUT2D eigenvalue weighted by molar-refractivity contribution is -0.137. The van der Waals surface area contributed by atoms with Gasteiger partial charge in [0.1, 0.15) is 0 Å². The molecule has 0 bridgehead atoms. The molecule has 166 valence electrons. The first-order chi connectivity index (χ1) is 14.7. The van der Waals surface area contributed by atoms with Crippen molar-refractivity contribution in [2.24, 2.45) is 13.0 Å². The number of hydrogen-bond donors (Lipinski definition) is 2. The molecule has 1 aromatic carbocycles. The number of aromatic nitrogens is 2. The van der Waals surface area contributed by atoms with E-state index >= 15 is 0 Å². The van der Waals surface area contributed by atoms with Crippen LogP contribution >= 0.6 is 0 Å². The molecule has 2 heterocycles. The van der Waals surface area contributed by atoms with Crippen LogP contribution in [0, 0.1) is 17.2 Å². The minimum atomic E-state index is -4.44. The SMILES string of the molecule is Cn1nc(NCC(=O)NC2CN(C3CCC(C#N)CC3)C2)c2cc(C(F)(F)F)ccc21. The topological polar surface area (TPSA) is 86.0 Å². The van der Waals surface area contributed by atoms with Gasteiger partial charge in [-0.05, 0) is 43.9 Å². The zero-order chi connectivity index (χ0) is 22.2. The van der Waals surface area contributed by atoms with Crippen molar-refractivity contribution in [3.63, 3.8) is 0 Å². The lowest BCUT2D eigenvalue weighted by Crippen LogP contribution is -2.63. The Morgan fingerprint density at radius 1 is 1.26 bits per heavy atom. The summed E-state index contributed by atoms with van der Waals surface area (Å²) >= 11 is 0. The van der Waals surface area contributed by atoms with E-state index in [1.807, 2.05) is 0 Å². The second kappa shape index (κ2) is 8.38. The van der Waals surface area contributed by atoms with Crippen LogP contribution in [-0.4, -0.2) is 52.3 Å². The van der Waals surface area contributed by atoms with E-state index in [-0.39, 0.29) is 30.2 Å². The van der Waals surface area contributed by atoms with Gasteiger partial charge < -0.3 is 10.6 Å². The highest BCUT2D eigenvalue weighted by Crippen LogP contribution is 2.33. The highest BCUT2D eigenvalue weighted by Gasteiger charge is 2.35. The number of carbonyl (C=O) groups is 1. The second-order valence-corrected chi connectivity index (χ2v) is 8.41. The van der Waals surface area contributed by atoms with E-state index < -0.39 is 11.7 Å². The Morgan fingerprint density at radius 3 is 2.61 bits per heavy atom. The lowest BCUT2D eigenvalue weighted by Gasteiger charge is -2.46. The normalized spacial score (nSPS) is 22.7. The van der Waals surface area contributed by atoms with Gasteiger partial charge in [-0.2, -0.15) is 23.5 Å². The van der Waals surface area contributed by atoms with Crippen molar-refractivity contribution in [1.82, 2.24) is 20.0 Å². The predicted molar refractivity (Wildman–Crippen MR) is 109 cm³/mol. The molecule has 1 saturated heterocycles. The van der Waals surface area contributed by atoms with E-state index in [1.54, 1.807) is 7.05 Å². The summed E-state index contributed by atoms with van der Waals surface area (Å²) in [6.45, 7) is 1.51. The minimum Gasteiger partial charge on any atom is -0.359 e. The summed E-state index contributed by atoms with van der Waals surface area (Å²) in [5.41, 5.74) is -0.199.